The average Bonchev–Trinajstić information content (AvgIpc) is 2.23. The fourth-order valence-corrected chi connectivity index (χ4v) is 3.13. The van der Waals surface area contributed by atoms with Crippen molar-refractivity contribution in [3.05, 3.63) is 0 Å². The van der Waals surface area contributed by atoms with E-state index in [0.717, 1.165) is 0 Å². The highest BCUT2D eigenvalue weighted by atomic mass is 32.2. The largest absolute Gasteiger partial charge is 0.390 e. The van der Waals surface area contributed by atoms with E-state index in [1.165, 1.54) is 11.9 Å². The summed E-state index contributed by atoms with van der Waals surface area (Å²) in [7, 11) is -1.69. The lowest BCUT2D eigenvalue weighted by Crippen LogP contribution is -2.39. The summed E-state index contributed by atoms with van der Waals surface area (Å²) in [5, 5.41) is 9.25. The number of amides is 1. The van der Waals surface area contributed by atoms with Crippen molar-refractivity contribution in [2.24, 2.45) is 0 Å². The monoisotopic (exact) mass is 193 g/mol. The standard InChI is InChI=1S/C6H11NO4S/c1-7(4-8)5-2-12(10,11)3-6(5)9/h4-6,9H,2-3H2,1H3/t5-,6+/m0/s1. The Morgan fingerprint density at radius 2 is 2.08 bits per heavy atom. The maximum atomic E-state index is 11.0. The molecule has 0 aliphatic carbocycles. The summed E-state index contributed by atoms with van der Waals surface area (Å²) in [5.74, 6) is -0.376. The van der Waals surface area contributed by atoms with Crippen LogP contribution in [-0.2, 0) is 14.6 Å². The maximum Gasteiger partial charge on any atom is 0.209 e. The lowest BCUT2D eigenvalue weighted by Gasteiger charge is -2.20. The molecular formula is C6H11NO4S. The molecule has 1 fully saturated rings. The zero-order chi connectivity index (χ0) is 9.35. The number of carbonyl (C=O) groups is 1. The van der Waals surface area contributed by atoms with Crippen LogP contribution in [0.5, 0.6) is 0 Å². The Bertz CT molecular complexity index is 273. The van der Waals surface area contributed by atoms with Crippen LogP contribution in [0.3, 0.4) is 0 Å². The second kappa shape index (κ2) is 3.02. The molecule has 70 valence electrons. The summed E-state index contributed by atoms with van der Waals surface area (Å²) in [5.41, 5.74) is 0. The molecule has 0 aromatic carbocycles. The van der Waals surface area contributed by atoms with Crippen molar-refractivity contribution in [2.45, 2.75) is 12.1 Å². The van der Waals surface area contributed by atoms with Gasteiger partial charge < -0.3 is 10.0 Å². The van der Waals surface area contributed by atoms with Gasteiger partial charge in [-0.15, -0.1) is 0 Å². The van der Waals surface area contributed by atoms with Gasteiger partial charge in [-0.25, -0.2) is 8.42 Å². The van der Waals surface area contributed by atoms with E-state index in [4.69, 9.17) is 0 Å². The van der Waals surface area contributed by atoms with Gasteiger partial charge in [0.15, 0.2) is 9.84 Å². The summed E-state index contributed by atoms with van der Waals surface area (Å²) >= 11 is 0. The molecule has 0 saturated carbocycles. The predicted molar refractivity (Wildman–Crippen MR) is 42.3 cm³/mol. The van der Waals surface area contributed by atoms with Gasteiger partial charge >= 0.3 is 0 Å². The molecule has 1 N–H and O–H groups in total. The van der Waals surface area contributed by atoms with E-state index in [1.54, 1.807) is 0 Å². The van der Waals surface area contributed by atoms with Crippen molar-refractivity contribution in [1.29, 1.82) is 0 Å². The van der Waals surface area contributed by atoms with Crippen molar-refractivity contribution in [2.75, 3.05) is 18.6 Å². The molecule has 1 saturated heterocycles. The molecule has 1 heterocycles. The number of rotatable bonds is 2. The van der Waals surface area contributed by atoms with E-state index < -0.39 is 22.0 Å². The van der Waals surface area contributed by atoms with E-state index in [-0.39, 0.29) is 11.5 Å². The zero-order valence-corrected chi connectivity index (χ0v) is 7.49. The van der Waals surface area contributed by atoms with Gasteiger partial charge in [0.1, 0.15) is 0 Å². The summed E-state index contributed by atoms with van der Waals surface area (Å²) < 4.78 is 21.9. The minimum absolute atomic E-state index is 0.136. The number of hydrogen-bond donors (Lipinski definition) is 1. The molecule has 0 unspecified atom stereocenters. The Balaban J connectivity index is 2.77. The van der Waals surface area contributed by atoms with Crippen LogP contribution in [0.2, 0.25) is 0 Å². The summed E-state index contributed by atoms with van der Waals surface area (Å²) in [6.07, 6.45) is -0.417. The van der Waals surface area contributed by atoms with Crippen molar-refractivity contribution < 1.29 is 18.3 Å². The SMILES string of the molecule is CN(C=O)[C@H]1CS(=O)(=O)C[C@H]1O. The smallest absolute Gasteiger partial charge is 0.209 e. The minimum Gasteiger partial charge on any atom is -0.390 e. The van der Waals surface area contributed by atoms with Crippen molar-refractivity contribution >= 4 is 16.2 Å². The van der Waals surface area contributed by atoms with E-state index in [0.29, 0.717) is 6.41 Å². The third-order valence-electron chi connectivity index (χ3n) is 1.98. The third kappa shape index (κ3) is 1.75. The van der Waals surface area contributed by atoms with Crippen LogP contribution in [0.15, 0.2) is 0 Å². The van der Waals surface area contributed by atoms with Crippen LogP contribution in [0.4, 0.5) is 0 Å². The number of sulfone groups is 1. The lowest BCUT2D eigenvalue weighted by molar-refractivity contribution is -0.119. The molecular weight excluding hydrogens is 182 g/mol. The second-order valence-electron chi connectivity index (χ2n) is 2.98. The first-order chi connectivity index (χ1) is 5.46. The molecule has 1 rings (SSSR count). The first kappa shape index (κ1) is 9.47. The molecule has 6 heteroatoms. The maximum absolute atomic E-state index is 11.0. The molecule has 0 aromatic rings. The normalized spacial score (nSPS) is 33.2. The van der Waals surface area contributed by atoms with E-state index in [2.05, 4.69) is 0 Å². The zero-order valence-electron chi connectivity index (χ0n) is 6.67. The molecule has 0 aromatic heterocycles. The van der Waals surface area contributed by atoms with Crippen LogP contribution in [0.25, 0.3) is 0 Å². The highest BCUT2D eigenvalue weighted by Crippen LogP contribution is 2.15. The van der Waals surface area contributed by atoms with Gasteiger partial charge in [0.05, 0.1) is 23.7 Å². The molecule has 1 amide bonds. The Morgan fingerprint density at radius 1 is 1.50 bits per heavy atom. The predicted octanol–water partition coefficient (Wildman–Crippen LogP) is -1.77. The molecule has 5 nitrogen and oxygen atoms in total. The molecule has 0 radical (unpaired) electrons. The Morgan fingerprint density at radius 3 is 2.42 bits per heavy atom. The van der Waals surface area contributed by atoms with E-state index >= 15 is 0 Å². The molecule has 2 atom stereocenters. The minimum atomic E-state index is -3.15. The first-order valence-electron chi connectivity index (χ1n) is 3.52. The van der Waals surface area contributed by atoms with Gasteiger partial charge in [0.2, 0.25) is 6.41 Å². The van der Waals surface area contributed by atoms with Gasteiger partial charge in [-0.05, 0) is 0 Å². The highest BCUT2D eigenvalue weighted by Gasteiger charge is 2.38. The van der Waals surface area contributed by atoms with E-state index in [9.17, 15) is 18.3 Å². The molecule has 1 aliphatic rings. The lowest BCUT2D eigenvalue weighted by atomic mass is 10.2. The highest BCUT2D eigenvalue weighted by molar-refractivity contribution is 7.91. The summed E-state index contributed by atoms with van der Waals surface area (Å²) in [6, 6.07) is -0.576. The van der Waals surface area contributed by atoms with Gasteiger partial charge in [-0.3, -0.25) is 4.79 Å². The quantitative estimate of drug-likeness (QED) is 0.527. The average molecular weight is 193 g/mol. The summed E-state index contributed by atoms with van der Waals surface area (Å²) in [4.78, 5) is 11.5. The van der Waals surface area contributed by atoms with Crippen molar-refractivity contribution in [1.82, 2.24) is 4.90 Å². The first-order valence-corrected chi connectivity index (χ1v) is 5.34. The van der Waals surface area contributed by atoms with Crippen molar-refractivity contribution in [3.63, 3.8) is 0 Å². The summed E-state index contributed by atoms with van der Waals surface area (Å²) in [6.45, 7) is 0. The topological polar surface area (TPSA) is 74.7 Å². The molecule has 1 aliphatic heterocycles. The van der Waals surface area contributed by atoms with Crippen LogP contribution in [0, 0.1) is 0 Å². The van der Waals surface area contributed by atoms with Crippen LogP contribution >= 0.6 is 0 Å². The number of nitrogens with zero attached hydrogens (tertiary/aromatic N) is 1. The Kier molecular flexibility index (Phi) is 2.39. The third-order valence-corrected chi connectivity index (χ3v) is 3.68. The Labute approximate surface area is 70.9 Å². The molecule has 12 heavy (non-hydrogen) atoms. The Hall–Kier alpha value is -0.620. The molecule has 0 bridgehead atoms. The number of likely N-dealkylation sites (N-methyl/N-ethyl adjacent to an activating group) is 1. The fourth-order valence-electron chi connectivity index (χ4n) is 1.28. The molecule has 0 spiro atoms. The van der Waals surface area contributed by atoms with E-state index in [1.807, 2.05) is 0 Å². The number of aliphatic hydroxyl groups is 1. The second-order valence-corrected chi connectivity index (χ2v) is 5.14. The number of carbonyl (C=O) groups excluding carboxylic acids is 1. The number of hydrogen-bond acceptors (Lipinski definition) is 4. The number of aliphatic hydroxyl groups excluding tert-OH is 1. The van der Waals surface area contributed by atoms with Crippen LogP contribution in [-0.4, -0.2) is 55.5 Å². The van der Waals surface area contributed by atoms with Crippen molar-refractivity contribution in [3.8, 4) is 0 Å². The van der Waals surface area contributed by atoms with Gasteiger partial charge in [0.25, 0.3) is 0 Å². The van der Waals surface area contributed by atoms with Gasteiger partial charge in [-0.1, -0.05) is 0 Å². The van der Waals surface area contributed by atoms with Crippen LogP contribution in [0.1, 0.15) is 0 Å². The van der Waals surface area contributed by atoms with Gasteiger partial charge in [-0.2, -0.15) is 0 Å². The van der Waals surface area contributed by atoms with Gasteiger partial charge in [0, 0.05) is 7.05 Å². The van der Waals surface area contributed by atoms with Crippen LogP contribution < -0.4 is 0 Å². The fraction of sp³-hybridized carbons (Fsp3) is 0.833.